The fourth-order valence-corrected chi connectivity index (χ4v) is 6.76. The second-order valence-corrected chi connectivity index (χ2v) is 11.5. The van der Waals surface area contributed by atoms with Crippen molar-refractivity contribution in [3.63, 3.8) is 0 Å². The van der Waals surface area contributed by atoms with E-state index in [1.54, 1.807) is 12.1 Å². The highest BCUT2D eigenvalue weighted by molar-refractivity contribution is 7.86. The largest absolute Gasteiger partial charge is 0.486 e. The van der Waals surface area contributed by atoms with E-state index in [1.165, 1.54) is 26.8 Å². The number of carbonyl (C=O) groups excluding carboxylic acids is 1. The zero-order valence-corrected chi connectivity index (χ0v) is 20.7. The predicted octanol–water partition coefficient (Wildman–Crippen LogP) is 3.44. The van der Waals surface area contributed by atoms with Gasteiger partial charge in [0.1, 0.15) is 11.4 Å². The molecule has 0 radical (unpaired) electrons. The summed E-state index contributed by atoms with van der Waals surface area (Å²) in [5, 5.41) is 9.08. The van der Waals surface area contributed by atoms with Gasteiger partial charge >= 0.3 is 6.18 Å². The van der Waals surface area contributed by atoms with Crippen LogP contribution >= 0.6 is 0 Å². The molecule has 0 saturated carbocycles. The maximum absolute atomic E-state index is 13.3. The van der Waals surface area contributed by atoms with Crippen molar-refractivity contribution in [1.29, 1.82) is 5.26 Å². The fraction of sp³-hybridized carbons (Fsp3) is 0.440. The highest BCUT2D eigenvalue weighted by Crippen LogP contribution is 2.40. The lowest BCUT2D eigenvalue weighted by Gasteiger charge is -2.45. The van der Waals surface area contributed by atoms with Crippen molar-refractivity contribution in [1.82, 2.24) is 8.61 Å². The van der Waals surface area contributed by atoms with E-state index in [0.717, 1.165) is 12.1 Å². The average molecular weight is 535 g/mol. The summed E-state index contributed by atoms with van der Waals surface area (Å²) in [4.78, 5) is 14.6. The van der Waals surface area contributed by atoms with Gasteiger partial charge < -0.3 is 9.64 Å². The van der Waals surface area contributed by atoms with Gasteiger partial charge in [0, 0.05) is 57.8 Å². The van der Waals surface area contributed by atoms with Gasteiger partial charge in [-0.2, -0.15) is 35.5 Å². The Balaban J connectivity index is 1.20. The maximum atomic E-state index is 13.3. The van der Waals surface area contributed by atoms with Crippen LogP contribution in [0.5, 0.6) is 5.75 Å². The van der Waals surface area contributed by atoms with Crippen molar-refractivity contribution in [2.75, 3.05) is 44.2 Å². The number of hydrogen-bond acceptors (Lipinski definition) is 6. The minimum atomic E-state index is -4.40. The molecule has 3 aliphatic heterocycles. The van der Waals surface area contributed by atoms with Gasteiger partial charge in [-0.25, -0.2) is 0 Å². The minimum Gasteiger partial charge on any atom is -0.486 e. The lowest BCUT2D eigenvalue weighted by atomic mass is 9.83. The van der Waals surface area contributed by atoms with Crippen LogP contribution in [0.2, 0.25) is 0 Å². The van der Waals surface area contributed by atoms with Crippen molar-refractivity contribution in [3.05, 3.63) is 59.2 Å². The summed E-state index contributed by atoms with van der Waals surface area (Å²) in [6.45, 7) is 1.58. The predicted molar refractivity (Wildman–Crippen MR) is 128 cm³/mol. The number of rotatable bonds is 3. The molecule has 8 nitrogen and oxygen atoms in total. The van der Waals surface area contributed by atoms with E-state index >= 15 is 0 Å². The molecule has 0 amide bonds. The van der Waals surface area contributed by atoms with Crippen molar-refractivity contribution in [2.45, 2.75) is 31.0 Å². The number of ketones is 1. The molecule has 196 valence electrons. The molecule has 1 spiro atoms. The molecule has 2 aromatic carbocycles. The number of anilines is 1. The summed E-state index contributed by atoms with van der Waals surface area (Å²) in [6.07, 6.45) is -3.54. The van der Waals surface area contributed by atoms with Gasteiger partial charge in [0.2, 0.25) is 0 Å². The van der Waals surface area contributed by atoms with E-state index in [0.29, 0.717) is 48.5 Å². The van der Waals surface area contributed by atoms with Gasteiger partial charge in [0.05, 0.1) is 29.2 Å². The Morgan fingerprint density at radius 1 is 0.919 bits per heavy atom. The van der Waals surface area contributed by atoms with E-state index in [-0.39, 0.29) is 38.4 Å². The van der Waals surface area contributed by atoms with Gasteiger partial charge in [-0.15, -0.1) is 0 Å². The van der Waals surface area contributed by atoms with E-state index in [9.17, 15) is 26.4 Å². The van der Waals surface area contributed by atoms with E-state index in [2.05, 4.69) is 0 Å². The zero-order chi connectivity index (χ0) is 26.4. The van der Waals surface area contributed by atoms with Crippen LogP contribution in [0, 0.1) is 11.3 Å². The molecule has 2 saturated heterocycles. The first-order valence-electron chi connectivity index (χ1n) is 11.9. The molecule has 2 aromatic rings. The van der Waals surface area contributed by atoms with E-state index in [1.807, 2.05) is 11.0 Å². The van der Waals surface area contributed by atoms with Crippen LogP contribution in [-0.4, -0.2) is 67.7 Å². The van der Waals surface area contributed by atoms with Crippen molar-refractivity contribution in [3.8, 4) is 11.8 Å². The summed E-state index contributed by atoms with van der Waals surface area (Å²) in [6, 6.07) is 11.6. The first-order chi connectivity index (χ1) is 17.5. The monoisotopic (exact) mass is 534 g/mol. The summed E-state index contributed by atoms with van der Waals surface area (Å²) in [5.74, 6) is 0.306. The second-order valence-electron chi connectivity index (χ2n) is 9.55. The number of alkyl halides is 3. The molecule has 2 fully saturated rings. The number of benzene rings is 2. The molecular formula is C25H25F3N4O4S. The molecule has 3 heterocycles. The van der Waals surface area contributed by atoms with Crippen molar-refractivity contribution >= 4 is 21.7 Å². The van der Waals surface area contributed by atoms with Gasteiger partial charge in [-0.05, 0) is 42.5 Å². The number of Topliss-reactive ketones (excluding diaryl/α,β-unsaturated/α-hetero) is 1. The lowest BCUT2D eigenvalue weighted by molar-refractivity contribution is -0.137. The first kappa shape index (κ1) is 25.5. The fourth-order valence-electron chi connectivity index (χ4n) is 5.17. The van der Waals surface area contributed by atoms with Crippen LogP contribution in [0.15, 0.2) is 42.5 Å². The van der Waals surface area contributed by atoms with Gasteiger partial charge in [0.25, 0.3) is 10.2 Å². The van der Waals surface area contributed by atoms with E-state index in [4.69, 9.17) is 10.00 Å². The molecule has 12 heteroatoms. The standard InChI is InChI=1S/C25H25F3N4O4S/c26-25(27,28)19-2-4-20(5-3-19)30-11-13-32(14-12-30)37(34,35)31-9-7-24(8-10-31)16-22(33)21-15-18(17-29)1-6-23(21)36-24/h1-6,15H,7-14,16H2. The van der Waals surface area contributed by atoms with Crippen LogP contribution in [0.4, 0.5) is 18.9 Å². The maximum Gasteiger partial charge on any atom is 0.416 e. The van der Waals surface area contributed by atoms with Crippen molar-refractivity contribution < 1.29 is 31.1 Å². The van der Waals surface area contributed by atoms with Gasteiger partial charge in [-0.1, -0.05) is 0 Å². The Bertz CT molecular complexity index is 1340. The van der Waals surface area contributed by atoms with E-state index < -0.39 is 27.6 Å². The third-order valence-electron chi connectivity index (χ3n) is 7.30. The normalized spacial score (nSPS) is 20.8. The number of ether oxygens (including phenoxy) is 1. The number of carbonyl (C=O) groups is 1. The SMILES string of the molecule is N#Cc1ccc2c(c1)C(=O)CC1(CCN(S(=O)(=O)N3CCN(c4ccc(C(F)(F)F)cc4)CC3)CC1)O2. The van der Waals surface area contributed by atoms with Crippen molar-refractivity contribution in [2.24, 2.45) is 0 Å². The number of halogens is 3. The molecule has 0 unspecified atom stereocenters. The Morgan fingerprint density at radius 2 is 1.54 bits per heavy atom. The Hall–Kier alpha value is -3.14. The Morgan fingerprint density at radius 3 is 2.14 bits per heavy atom. The van der Waals surface area contributed by atoms with Gasteiger partial charge in [0.15, 0.2) is 5.78 Å². The third kappa shape index (κ3) is 4.91. The number of hydrogen-bond donors (Lipinski definition) is 0. The molecular weight excluding hydrogens is 509 g/mol. The van der Waals surface area contributed by atoms with Gasteiger partial charge in [-0.3, -0.25) is 4.79 Å². The number of nitriles is 1. The lowest BCUT2D eigenvalue weighted by Crippen LogP contribution is -2.57. The molecule has 0 atom stereocenters. The summed E-state index contributed by atoms with van der Waals surface area (Å²) in [5.41, 5.74) is -0.117. The van der Waals surface area contributed by atoms with Crippen LogP contribution in [0.3, 0.4) is 0 Å². The number of fused-ring (bicyclic) bond motifs is 1. The average Bonchev–Trinajstić information content (AvgIpc) is 2.88. The highest BCUT2D eigenvalue weighted by atomic mass is 32.2. The number of piperazine rings is 1. The highest BCUT2D eigenvalue weighted by Gasteiger charge is 2.46. The smallest absolute Gasteiger partial charge is 0.416 e. The van der Waals surface area contributed by atoms with Crippen LogP contribution in [0.25, 0.3) is 0 Å². The topological polar surface area (TPSA) is 94.0 Å². The first-order valence-corrected chi connectivity index (χ1v) is 13.3. The quantitative estimate of drug-likeness (QED) is 0.599. The van der Waals surface area contributed by atoms with Crippen LogP contribution in [0.1, 0.15) is 40.7 Å². The molecule has 5 rings (SSSR count). The number of piperidine rings is 1. The van der Waals surface area contributed by atoms with Crippen LogP contribution < -0.4 is 9.64 Å². The summed E-state index contributed by atoms with van der Waals surface area (Å²) in [7, 11) is -3.74. The molecule has 0 bridgehead atoms. The minimum absolute atomic E-state index is 0.117. The summed E-state index contributed by atoms with van der Waals surface area (Å²) >= 11 is 0. The zero-order valence-electron chi connectivity index (χ0n) is 19.9. The Kier molecular flexibility index (Phi) is 6.42. The molecule has 0 aromatic heterocycles. The molecule has 0 N–H and O–H groups in total. The van der Waals surface area contributed by atoms with Crippen LogP contribution in [-0.2, 0) is 16.4 Å². The molecule has 37 heavy (non-hydrogen) atoms. The Labute approximate surface area is 213 Å². The summed E-state index contributed by atoms with van der Waals surface area (Å²) < 4.78 is 74.1. The molecule has 0 aliphatic carbocycles. The second kappa shape index (κ2) is 9.31. The molecule has 3 aliphatic rings. The number of nitrogens with zero attached hydrogens (tertiary/aromatic N) is 4. The third-order valence-corrected chi connectivity index (χ3v) is 9.34.